The number of hydrogen-bond acceptors (Lipinski definition) is 2. The summed E-state index contributed by atoms with van der Waals surface area (Å²) >= 11 is 5.74. The molecule has 2 N–H and O–H groups in total. The van der Waals surface area contributed by atoms with E-state index >= 15 is 0 Å². The minimum atomic E-state index is -0.445. The van der Waals surface area contributed by atoms with Crippen LogP contribution >= 0.6 is 11.6 Å². The Hall–Kier alpha value is -2.33. The molecule has 0 radical (unpaired) electrons. The van der Waals surface area contributed by atoms with E-state index in [4.69, 9.17) is 11.6 Å². The monoisotopic (exact) mass is 302 g/mol. The Kier molecular flexibility index (Phi) is 3.62. The third-order valence-electron chi connectivity index (χ3n) is 3.22. The summed E-state index contributed by atoms with van der Waals surface area (Å²) < 4.78 is 13.1. The quantitative estimate of drug-likeness (QED) is 0.770. The lowest BCUT2D eigenvalue weighted by atomic mass is 10.1. The van der Waals surface area contributed by atoms with Crippen molar-refractivity contribution in [2.45, 2.75) is 6.54 Å². The zero-order chi connectivity index (χ0) is 14.8. The molecule has 21 heavy (non-hydrogen) atoms. The summed E-state index contributed by atoms with van der Waals surface area (Å²) in [4.78, 5) is 14.7. The maximum atomic E-state index is 13.1. The van der Waals surface area contributed by atoms with Crippen molar-refractivity contribution >= 4 is 28.2 Å². The third-order valence-corrected chi connectivity index (χ3v) is 3.51. The molecule has 0 saturated heterocycles. The normalized spacial score (nSPS) is 10.8. The Morgan fingerprint density at radius 2 is 1.95 bits per heavy atom. The van der Waals surface area contributed by atoms with Gasteiger partial charge in [0, 0.05) is 11.9 Å². The first-order valence-corrected chi connectivity index (χ1v) is 6.81. The van der Waals surface area contributed by atoms with Gasteiger partial charge in [-0.15, -0.1) is 0 Å². The van der Waals surface area contributed by atoms with E-state index in [-0.39, 0.29) is 10.6 Å². The maximum Gasteiger partial charge on any atom is 0.257 e. The van der Waals surface area contributed by atoms with Gasteiger partial charge in [0.15, 0.2) is 0 Å². The van der Waals surface area contributed by atoms with Gasteiger partial charge in [-0.3, -0.25) is 4.79 Å². The maximum absolute atomic E-state index is 13.1. The fourth-order valence-electron chi connectivity index (χ4n) is 2.15. The van der Waals surface area contributed by atoms with Gasteiger partial charge in [-0.1, -0.05) is 35.9 Å². The van der Waals surface area contributed by atoms with Crippen LogP contribution in [0.15, 0.2) is 53.3 Å². The lowest BCUT2D eigenvalue weighted by Crippen LogP contribution is -2.10. The van der Waals surface area contributed by atoms with Crippen LogP contribution in [-0.2, 0) is 6.54 Å². The van der Waals surface area contributed by atoms with Crippen molar-refractivity contribution in [1.29, 1.82) is 0 Å². The molecule has 3 nitrogen and oxygen atoms in total. The van der Waals surface area contributed by atoms with Crippen LogP contribution in [0.5, 0.6) is 0 Å². The number of hydrogen-bond donors (Lipinski definition) is 2. The SMILES string of the molecule is O=c1[nH]c(NCc2ccc(F)c(Cl)c2)cc2ccccc12. The summed E-state index contributed by atoms with van der Waals surface area (Å²) in [5.74, 6) is 0.165. The average molecular weight is 303 g/mol. The van der Waals surface area contributed by atoms with Crippen LogP contribution in [0.4, 0.5) is 10.2 Å². The van der Waals surface area contributed by atoms with Crippen molar-refractivity contribution in [3.05, 3.63) is 75.3 Å². The molecule has 0 unspecified atom stereocenters. The van der Waals surface area contributed by atoms with Gasteiger partial charge >= 0.3 is 0 Å². The summed E-state index contributed by atoms with van der Waals surface area (Å²) in [6, 6.07) is 13.7. The Labute approximate surface area is 125 Å². The van der Waals surface area contributed by atoms with E-state index < -0.39 is 5.82 Å². The van der Waals surface area contributed by atoms with Crippen LogP contribution in [0.3, 0.4) is 0 Å². The molecule has 0 aliphatic heterocycles. The smallest absolute Gasteiger partial charge is 0.257 e. The fourth-order valence-corrected chi connectivity index (χ4v) is 2.36. The largest absolute Gasteiger partial charge is 0.367 e. The second kappa shape index (κ2) is 5.58. The Balaban J connectivity index is 1.85. The average Bonchev–Trinajstić information content (AvgIpc) is 2.49. The van der Waals surface area contributed by atoms with Gasteiger partial charge in [0.05, 0.1) is 5.02 Å². The zero-order valence-electron chi connectivity index (χ0n) is 11.0. The fraction of sp³-hybridized carbons (Fsp3) is 0.0625. The molecule has 0 bridgehead atoms. The number of H-pyrrole nitrogens is 1. The number of aromatic amines is 1. The van der Waals surface area contributed by atoms with Crippen LogP contribution < -0.4 is 10.9 Å². The van der Waals surface area contributed by atoms with Crippen molar-refractivity contribution in [2.75, 3.05) is 5.32 Å². The highest BCUT2D eigenvalue weighted by Crippen LogP contribution is 2.17. The molecule has 0 atom stereocenters. The van der Waals surface area contributed by atoms with Crippen LogP contribution in [0.25, 0.3) is 10.8 Å². The molecule has 1 heterocycles. The molecule has 0 aliphatic rings. The van der Waals surface area contributed by atoms with Crippen LogP contribution in [0, 0.1) is 5.82 Å². The molecule has 0 spiro atoms. The number of anilines is 1. The molecule has 0 aliphatic carbocycles. The standard InChI is InChI=1S/C16H12ClFN2O/c17-13-7-10(5-6-14(13)18)9-19-15-8-11-3-1-2-4-12(11)16(21)20-15/h1-8H,9H2,(H2,19,20,21). The van der Waals surface area contributed by atoms with Crippen LogP contribution in [0.1, 0.15) is 5.56 Å². The molecule has 2 aromatic carbocycles. The third kappa shape index (κ3) is 2.90. The van der Waals surface area contributed by atoms with Gasteiger partial charge in [-0.05, 0) is 35.2 Å². The highest BCUT2D eigenvalue weighted by molar-refractivity contribution is 6.30. The summed E-state index contributed by atoms with van der Waals surface area (Å²) in [7, 11) is 0. The minimum Gasteiger partial charge on any atom is -0.367 e. The first-order chi connectivity index (χ1) is 10.1. The lowest BCUT2D eigenvalue weighted by Gasteiger charge is -2.08. The summed E-state index contributed by atoms with van der Waals surface area (Å²) in [5.41, 5.74) is 0.683. The van der Waals surface area contributed by atoms with Crippen molar-refractivity contribution < 1.29 is 4.39 Å². The van der Waals surface area contributed by atoms with E-state index in [0.29, 0.717) is 17.7 Å². The Bertz CT molecular complexity index is 860. The van der Waals surface area contributed by atoms with E-state index in [1.165, 1.54) is 6.07 Å². The van der Waals surface area contributed by atoms with Crippen molar-refractivity contribution in [1.82, 2.24) is 4.98 Å². The van der Waals surface area contributed by atoms with E-state index in [0.717, 1.165) is 10.9 Å². The van der Waals surface area contributed by atoms with Gasteiger partial charge in [0.25, 0.3) is 5.56 Å². The molecular weight excluding hydrogens is 291 g/mol. The minimum absolute atomic E-state index is 0.0845. The topological polar surface area (TPSA) is 44.9 Å². The van der Waals surface area contributed by atoms with Gasteiger partial charge in [0.2, 0.25) is 0 Å². The first-order valence-electron chi connectivity index (χ1n) is 6.43. The zero-order valence-corrected chi connectivity index (χ0v) is 11.7. The van der Waals surface area contributed by atoms with E-state index in [1.54, 1.807) is 18.2 Å². The predicted octanol–water partition coefficient (Wildman–Crippen LogP) is 3.93. The molecule has 1 aromatic heterocycles. The second-order valence-electron chi connectivity index (χ2n) is 4.70. The molecule has 0 amide bonds. The van der Waals surface area contributed by atoms with Gasteiger partial charge in [-0.25, -0.2) is 4.39 Å². The number of benzene rings is 2. The Morgan fingerprint density at radius 3 is 2.76 bits per heavy atom. The second-order valence-corrected chi connectivity index (χ2v) is 5.11. The molecule has 0 saturated carbocycles. The highest BCUT2D eigenvalue weighted by atomic mass is 35.5. The van der Waals surface area contributed by atoms with E-state index in [2.05, 4.69) is 10.3 Å². The highest BCUT2D eigenvalue weighted by Gasteiger charge is 2.03. The van der Waals surface area contributed by atoms with E-state index in [1.807, 2.05) is 24.3 Å². The van der Waals surface area contributed by atoms with E-state index in [9.17, 15) is 9.18 Å². The molecule has 5 heteroatoms. The molecule has 3 aromatic rings. The van der Waals surface area contributed by atoms with Crippen LogP contribution in [-0.4, -0.2) is 4.98 Å². The van der Waals surface area contributed by atoms with Gasteiger partial charge in [0.1, 0.15) is 11.6 Å². The number of aromatic nitrogens is 1. The van der Waals surface area contributed by atoms with Crippen molar-refractivity contribution in [3.63, 3.8) is 0 Å². The number of fused-ring (bicyclic) bond motifs is 1. The molecule has 0 fully saturated rings. The van der Waals surface area contributed by atoms with Gasteiger partial charge < -0.3 is 10.3 Å². The molecule has 106 valence electrons. The first kappa shape index (κ1) is 13.6. The van der Waals surface area contributed by atoms with Gasteiger partial charge in [-0.2, -0.15) is 0 Å². The van der Waals surface area contributed by atoms with Crippen LogP contribution in [0.2, 0.25) is 5.02 Å². The van der Waals surface area contributed by atoms with Crippen molar-refractivity contribution in [2.24, 2.45) is 0 Å². The predicted molar refractivity (Wildman–Crippen MR) is 83.3 cm³/mol. The molecule has 3 rings (SSSR count). The number of pyridine rings is 1. The number of halogens is 2. The summed E-state index contributed by atoms with van der Waals surface area (Å²) in [6.07, 6.45) is 0. The number of nitrogens with one attached hydrogen (secondary N) is 2. The lowest BCUT2D eigenvalue weighted by molar-refractivity contribution is 0.627. The summed E-state index contributed by atoms with van der Waals surface area (Å²) in [6.45, 7) is 0.439. The molecular formula is C16H12ClFN2O. The Morgan fingerprint density at radius 1 is 1.14 bits per heavy atom. The summed E-state index contributed by atoms with van der Waals surface area (Å²) in [5, 5.41) is 4.70. The number of rotatable bonds is 3. The van der Waals surface area contributed by atoms with Crippen molar-refractivity contribution in [3.8, 4) is 0 Å².